The van der Waals surface area contributed by atoms with Crippen LogP contribution in [0.3, 0.4) is 0 Å². The molecule has 4 nitrogen and oxygen atoms in total. The molecule has 1 saturated heterocycles. The van der Waals surface area contributed by atoms with Crippen LogP contribution in [0.4, 0.5) is 0 Å². The lowest BCUT2D eigenvalue weighted by atomic mass is 9.63. The summed E-state index contributed by atoms with van der Waals surface area (Å²) < 4.78 is 5.48. The van der Waals surface area contributed by atoms with E-state index in [1.165, 1.54) is 6.42 Å². The van der Waals surface area contributed by atoms with Crippen molar-refractivity contribution >= 4 is 0 Å². The van der Waals surface area contributed by atoms with Gasteiger partial charge in [-0.15, -0.1) is 0 Å². The van der Waals surface area contributed by atoms with E-state index in [0.29, 0.717) is 12.3 Å². The highest BCUT2D eigenvalue weighted by atomic mass is 17.3. The second kappa shape index (κ2) is 3.48. The van der Waals surface area contributed by atoms with E-state index in [0.717, 1.165) is 12.8 Å². The molecule has 0 aromatic rings. The zero-order valence-electron chi connectivity index (χ0n) is 11.8. The number of hydrogen-bond acceptors (Lipinski definition) is 4. The SMILES string of the molecule is CC1(C[C@@]2(O)C[C@H]3CC[C@]2(C)C3(C)C)OCOO1. The third-order valence-electron chi connectivity index (χ3n) is 6.31. The van der Waals surface area contributed by atoms with E-state index >= 15 is 0 Å². The molecule has 3 rings (SSSR count). The van der Waals surface area contributed by atoms with Crippen LogP contribution in [0.2, 0.25) is 0 Å². The minimum absolute atomic E-state index is 0.0665. The van der Waals surface area contributed by atoms with Crippen LogP contribution < -0.4 is 0 Å². The van der Waals surface area contributed by atoms with Crippen LogP contribution in [0.1, 0.15) is 53.4 Å². The lowest BCUT2D eigenvalue weighted by Crippen LogP contribution is -2.51. The summed E-state index contributed by atoms with van der Waals surface area (Å²) >= 11 is 0. The van der Waals surface area contributed by atoms with Gasteiger partial charge in [-0.2, -0.15) is 4.89 Å². The Hall–Kier alpha value is -0.160. The maximum Gasteiger partial charge on any atom is 0.204 e. The van der Waals surface area contributed by atoms with Crippen molar-refractivity contribution in [3.05, 3.63) is 0 Å². The Kier molecular flexibility index (Phi) is 2.49. The first-order chi connectivity index (χ1) is 8.23. The van der Waals surface area contributed by atoms with Crippen molar-refractivity contribution in [3.63, 3.8) is 0 Å². The maximum absolute atomic E-state index is 11.2. The molecule has 1 aliphatic heterocycles. The van der Waals surface area contributed by atoms with E-state index in [2.05, 4.69) is 20.8 Å². The Morgan fingerprint density at radius 3 is 2.39 bits per heavy atom. The Bertz CT molecular complexity index is 361. The molecule has 0 spiro atoms. The fraction of sp³-hybridized carbons (Fsp3) is 1.00. The molecule has 2 aliphatic carbocycles. The van der Waals surface area contributed by atoms with Gasteiger partial charge >= 0.3 is 0 Å². The number of fused-ring (bicyclic) bond motifs is 2. The van der Waals surface area contributed by atoms with Gasteiger partial charge in [0, 0.05) is 11.8 Å². The molecule has 4 atom stereocenters. The molecule has 0 radical (unpaired) electrons. The lowest BCUT2D eigenvalue weighted by molar-refractivity contribution is -0.330. The van der Waals surface area contributed by atoms with Gasteiger partial charge < -0.3 is 9.84 Å². The van der Waals surface area contributed by atoms with E-state index in [1.54, 1.807) is 0 Å². The Morgan fingerprint density at radius 2 is 1.94 bits per heavy atom. The lowest BCUT2D eigenvalue weighted by Gasteiger charge is -2.47. The standard InChI is InChI=1S/C14H24O4/c1-11(2)10-5-6-12(11,3)14(15,7-10)8-13(4)16-9-17-18-13/h10,15H,5-9H2,1-4H3/t10-,12-,13?,14+/m1/s1. The number of aliphatic hydroxyl groups is 1. The summed E-state index contributed by atoms with van der Waals surface area (Å²) in [6.45, 7) is 8.80. The molecule has 0 amide bonds. The normalized spacial score (nSPS) is 54.2. The van der Waals surface area contributed by atoms with Gasteiger partial charge in [0.05, 0.1) is 5.60 Å². The van der Waals surface area contributed by atoms with Crippen molar-refractivity contribution in [2.24, 2.45) is 16.7 Å². The molecule has 1 heterocycles. The van der Waals surface area contributed by atoms with Gasteiger partial charge in [0.15, 0.2) is 6.79 Å². The zero-order chi connectivity index (χ0) is 13.2. The smallest absolute Gasteiger partial charge is 0.204 e. The quantitative estimate of drug-likeness (QED) is 0.771. The average molecular weight is 256 g/mol. The second-order valence-electron chi connectivity index (χ2n) is 7.30. The average Bonchev–Trinajstić information content (AvgIpc) is 2.80. The van der Waals surface area contributed by atoms with Crippen LogP contribution >= 0.6 is 0 Å². The first-order valence-electron chi connectivity index (χ1n) is 6.90. The summed E-state index contributed by atoms with van der Waals surface area (Å²) in [6, 6.07) is 0. The highest BCUT2D eigenvalue weighted by Gasteiger charge is 2.69. The van der Waals surface area contributed by atoms with Crippen LogP contribution in [0, 0.1) is 16.7 Å². The molecule has 1 N–H and O–H groups in total. The fourth-order valence-electron chi connectivity index (χ4n) is 4.62. The van der Waals surface area contributed by atoms with Crippen molar-refractivity contribution in [2.75, 3.05) is 6.79 Å². The Morgan fingerprint density at radius 1 is 1.22 bits per heavy atom. The van der Waals surface area contributed by atoms with Crippen molar-refractivity contribution in [3.8, 4) is 0 Å². The number of ether oxygens (including phenoxy) is 1. The molecular formula is C14H24O4. The molecule has 2 saturated carbocycles. The van der Waals surface area contributed by atoms with Gasteiger partial charge in [0.2, 0.25) is 5.79 Å². The van der Waals surface area contributed by atoms with Crippen molar-refractivity contribution in [1.82, 2.24) is 0 Å². The molecule has 2 bridgehead atoms. The predicted molar refractivity (Wildman–Crippen MR) is 65.3 cm³/mol. The minimum Gasteiger partial charge on any atom is -0.389 e. The van der Waals surface area contributed by atoms with Crippen LogP contribution in [-0.4, -0.2) is 23.3 Å². The van der Waals surface area contributed by atoms with Crippen LogP contribution in [0.5, 0.6) is 0 Å². The van der Waals surface area contributed by atoms with Gasteiger partial charge in [-0.1, -0.05) is 20.8 Å². The highest BCUT2D eigenvalue weighted by molar-refractivity contribution is 5.18. The van der Waals surface area contributed by atoms with E-state index in [4.69, 9.17) is 14.5 Å². The summed E-state index contributed by atoms with van der Waals surface area (Å²) in [7, 11) is 0. The number of rotatable bonds is 2. The van der Waals surface area contributed by atoms with Crippen molar-refractivity contribution < 1.29 is 19.6 Å². The molecular weight excluding hydrogens is 232 g/mol. The monoisotopic (exact) mass is 256 g/mol. The Labute approximate surface area is 109 Å². The topological polar surface area (TPSA) is 47.9 Å². The van der Waals surface area contributed by atoms with Gasteiger partial charge in [0.25, 0.3) is 0 Å². The largest absolute Gasteiger partial charge is 0.389 e. The van der Waals surface area contributed by atoms with Crippen LogP contribution in [-0.2, 0) is 14.5 Å². The summed E-state index contributed by atoms with van der Waals surface area (Å²) in [6.07, 6.45) is 3.63. The zero-order valence-corrected chi connectivity index (χ0v) is 11.8. The van der Waals surface area contributed by atoms with Crippen molar-refractivity contribution in [1.29, 1.82) is 0 Å². The van der Waals surface area contributed by atoms with Crippen LogP contribution in [0.25, 0.3) is 0 Å². The fourth-order valence-corrected chi connectivity index (χ4v) is 4.62. The second-order valence-corrected chi connectivity index (χ2v) is 7.30. The molecule has 0 aromatic carbocycles. The maximum atomic E-state index is 11.2. The van der Waals surface area contributed by atoms with Crippen molar-refractivity contribution in [2.45, 2.75) is 64.8 Å². The molecule has 3 fully saturated rings. The summed E-state index contributed by atoms with van der Waals surface area (Å²) in [4.78, 5) is 10.1. The molecule has 0 aromatic heterocycles. The summed E-state index contributed by atoms with van der Waals surface area (Å²) in [5.41, 5.74) is -0.609. The van der Waals surface area contributed by atoms with E-state index < -0.39 is 11.4 Å². The van der Waals surface area contributed by atoms with E-state index in [1.807, 2.05) is 6.92 Å². The summed E-state index contributed by atoms with van der Waals surface area (Å²) in [5.74, 6) is -0.211. The predicted octanol–water partition coefficient (Wildman–Crippen LogP) is 2.61. The highest BCUT2D eigenvalue weighted by Crippen LogP contribution is 2.71. The van der Waals surface area contributed by atoms with Gasteiger partial charge in [-0.05, 0) is 37.5 Å². The Balaban J connectivity index is 1.88. The molecule has 3 aliphatic rings. The van der Waals surface area contributed by atoms with Gasteiger partial charge in [-0.3, -0.25) is 0 Å². The minimum atomic E-state index is -0.807. The molecule has 18 heavy (non-hydrogen) atoms. The van der Waals surface area contributed by atoms with Gasteiger partial charge in [0.1, 0.15) is 0 Å². The number of hydrogen-bond donors (Lipinski definition) is 1. The van der Waals surface area contributed by atoms with E-state index in [9.17, 15) is 5.11 Å². The molecule has 4 heteroatoms. The van der Waals surface area contributed by atoms with E-state index in [-0.39, 0.29) is 17.6 Å². The molecule has 1 unspecified atom stereocenters. The van der Waals surface area contributed by atoms with Gasteiger partial charge in [-0.25, -0.2) is 4.89 Å². The summed E-state index contributed by atoms with van der Waals surface area (Å²) in [5, 5.41) is 11.2. The molecule has 104 valence electrons. The van der Waals surface area contributed by atoms with Crippen LogP contribution in [0.15, 0.2) is 0 Å². The third kappa shape index (κ3) is 1.40. The third-order valence-corrected chi connectivity index (χ3v) is 6.31. The first kappa shape index (κ1) is 12.9. The first-order valence-corrected chi connectivity index (χ1v) is 6.90.